The van der Waals surface area contributed by atoms with Crippen LogP contribution in [0.15, 0.2) is 65.3 Å². The minimum absolute atomic E-state index is 0.178. The smallest absolute Gasteiger partial charge is 0.324 e. The number of urea groups is 1. The van der Waals surface area contributed by atoms with Gasteiger partial charge in [-0.05, 0) is 60.9 Å². The molecule has 2 heterocycles. The van der Waals surface area contributed by atoms with Crippen molar-refractivity contribution in [2.24, 2.45) is 0 Å². The molecule has 0 bridgehead atoms. The molecule has 4 rings (SSSR count). The molecule has 154 valence electrons. The summed E-state index contributed by atoms with van der Waals surface area (Å²) in [7, 11) is 0. The van der Waals surface area contributed by atoms with Crippen molar-refractivity contribution in [3.05, 3.63) is 83.6 Å². The Labute approximate surface area is 173 Å². The van der Waals surface area contributed by atoms with E-state index in [2.05, 4.69) is 5.32 Å². The lowest BCUT2D eigenvalue weighted by Crippen LogP contribution is -2.49. The summed E-state index contributed by atoms with van der Waals surface area (Å²) in [5.74, 6) is -0.511. The molecule has 0 atom stereocenters. The Kier molecular flexibility index (Phi) is 5.52. The normalized spacial score (nSPS) is 14.1. The summed E-state index contributed by atoms with van der Waals surface area (Å²) < 4.78 is 18.7. The topological polar surface area (TPSA) is 65.8 Å². The van der Waals surface area contributed by atoms with Crippen molar-refractivity contribution < 1.29 is 18.4 Å². The monoisotopic (exact) mass is 407 g/mol. The van der Waals surface area contributed by atoms with E-state index in [-0.39, 0.29) is 23.5 Å². The van der Waals surface area contributed by atoms with Crippen molar-refractivity contribution in [1.29, 1.82) is 0 Å². The van der Waals surface area contributed by atoms with Crippen LogP contribution in [-0.4, -0.2) is 29.9 Å². The van der Waals surface area contributed by atoms with Crippen molar-refractivity contribution >= 4 is 23.3 Å². The second-order valence-electron chi connectivity index (χ2n) is 7.29. The quantitative estimate of drug-likeness (QED) is 0.660. The number of rotatable bonds is 5. The molecule has 1 fully saturated rings. The zero-order chi connectivity index (χ0) is 21.1. The third-order valence-electron chi connectivity index (χ3n) is 5.01. The third kappa shape index (κ3) is 4.20. The molecule has 6 nitrogen and oxygen atoms in total. The first-order valence-corrected chi connectivity index (χ1v) is 9.77. The Hall–Kier alpha value is -3.61. The zero-order valence-electron chi connectivity index (χ0n) is 16.6. The Morgan fingerprint density at radius 1 is 1.13 bits per heavy atom. The summed E-state index contributed by atoms with van der Waals surface area (Å²) in [6.07, 6.45) is 2.20. The van der Waals surface area contributed by atoms with E-state index in [0.717, 1.165) is 17.5 Å². The highest BCUT2D eigenvalue weighted by Crippen LogP contribution is 2.31. The van der Waals surface area contributed by atoms with Gasteiger partial charge in [0.2, 0.25) is 0 Å². The number of benzene rings is 2. The van der Waals surface area contributed by atoms with E-state index in [9.17, 15) is 14.0 Å². The second kappa shape index (κ2) is 8.41. The summed E-state index contributed by atoms with van der Waals surface area (Å²) in [5, 5.41) is 2.85. The predicted molar refractivity (Wildman–Crippen MR) is 112 cm³/mol. The molecule has 1 saturated heterocycles. The van der Waals surface area contributed by atoms with Crippen LogP contribution >= 0.6 is 0 Å². The first-order chi connectivity index (χ1) is 14.5. The number of hydrogen-bond acceptors (Lipinski definition) is 3. The highest BCUT2D eigenvalue weighted by atomic mass is 19.1. The van der Waals surface area contributed by atoms with E-state index in [0.29, 0.717) is 31.0 Å². The second-order valence-corrected chi connectivity index (χ2v) is 7.29. The average Bonchev–Trinajstić information content (AvgIpc) is 3.25. The number of anilines is 2. The number of aryl methyl sites for hydroxylation is 1. The molecule has 1 aliphatic heterocycles. The lowest BCUT2D eigenvalue weighted by Gasteiger charge is -2.36. The summed E-state index contributed by atoms with van der Waals surface area (Å²) in [6.45, 7) is 3.37. The highest BCUT2D eigenvalue weighted by Gasteiger charge is 2.29. The van der Waals surface area contributed by atoms with Crippen LogP contribution in [0.3, 0.4) is 0 Å². The fourth-order valence-electron chi connectivity index (χ4n) is 3.58. The van der Waals surface area contributed by atoms with Gasteiger partial charge < -0.3 is 14.6 Å². The van der Waals surface area contributed by atoms with Crippen molar-refractivity contribution in [3.8, 4) is 0 Å². The lowest BCUT2D eigenvalue weighted by molar-refractivity contribution is 0.0996. The van der Waals surface area contributed by atoms with Crippen LogP contribution in [0.5, 0.6) is 0 Å². The van der Waals surface area contributed by atoms with E-state index >= 15 is 0 Å². The minimum atomic E-state index is -0.382. The molecule has 0 spiro atoms. The number of hydrogen-bond donors (Lipinski definition) is 1. The molecule has 30 heavy (non-hydrogen) atoms. The Morgan fingerprint density at radius 3 is 2.77 bits per heavy atom. The van der Waals surface area contributed by atoms with Gasteiger partial charge in [-0.2, -0.15) is 0 Å². The van der Waals surface area contributed by atoms with Gasteiger partial charge in [0, 0.05) is 19.6 Å². The molecule has 1 aliphatic rings. The van der Waals surface area contributed by atoms with E-state index < -0.39 is 0 Å². The maximum atomic E-state index is 13.5. The number of nitrogens with zero attached hydrogens (tertiary/aromatic N) is 2. The van der Waals surface area contributed by atoms with Gasteiger partial charge in [-0.1, -0.05) is 18.2 Å². The van der Waals surface area contributed by atoms with E-state index in [1.54, 1.807) is 34.1 Å². The Balaban J connectivity index is 1.58. The molecule has 3 amide bonds. The first kappa shape index (κ1) is 19.7. The summed E-state index contributed by atoms with van der Waals surface area (Å²) in [4.78, 5) is 29.0. The molecular formula is C23H22FN3O3. The van der Waals surface area contributed by atoms with Gasteiger partial charge in [-0.25, -0.2) is 9.18 Å². The number of carbonyl (C=O) groups excluding carboxylic acids is 2. The van der Waals surface area contributed by atoms with Crippen LogP contribution in [0.4, 0.5) is 20.6 Å². The third-order valence-corrected chi connectivity index (χ3v) is 5.01. The fourth-order valence-corrected chi connectivity index (χ4v) is 3.58. The number of halogens is 1. The lowest BCUT2D eigenvalue weighted by atomic mass is 10.1. The van der Waals surface area contributed by atoms with Crippen molar-refractivity contribution in [3.63, 3.8) is 0 Å². The molecule has 0 radical (unpaired) electrons. The molecular weight excluding hydrogens is 385 g/mol. The largest absolute Gasteiger partial charge is 0.459 e. The number of nitrogens with one attached hydrogen (secondary N) is 1. The minimum Gasteiger partial charge on any atom is -0.459 e. The molecule has 0 unspecified atom stereocenters. The number of amides is 3. The van der Waals surface area contributed by atoms with Gasteiger partial charge in [-0.15, -0.1) is 0 Å². The van der Waals surface area contributed by atoms with Gasteiger partial charge >= 0.3 is 6.03 Å². The number of carbonyl (C=O) groups is 2. The Bertz CT molecular complexity index is 1070. The molecule has 2 aromatic carbocycles. The molecule has 3 aromatic rings. The fraction of sp³-hybridized carbons (Fsp3) is 0.217. The predicted octanol–water partition coefficient (Wildman–Crippen LogP) is 4.81. The Morgan fingerprint density at radius 2 is 2.00 bits per heavy atom. The van der Waals surface area contributed by atoms with E-state index in [1.807, 2.05) is 25.1 Å². The standard InChI is InChI=1S/C23H22FN3O3/c1-16-8-9-20(19(13-16)25-22(28)21-7-3-12-30-21)27-11-4-10-26(23(27)29)15-17-5-2-6-18(24)14-17/h2-3,5-9,12-14H,4,10-11,15H2,1H3,(H,25,28). The van der Waals surface area contributed by atoms with Crippen molar-refractivity contribution in [2.75, 3.05) is 23.3 Å². The van der Waals surface area contributed by atoms with E-state index in [1.165, 1.54) is 18.4 Å². The van der Waals surface area contributed by atoms with Crippen LogP contribution < -0.4 is 10.2 Å². The van der Waals surface area contributed by atoms with Crippen molar-refractivity contribution in [1.82, 2.24) is 4.90 Å². The van der Waals surface area contributed by atoms with Gasteiger partial charge in [0.05, 0.1) is 17.6 Å². The molecule has 0 saturated carbocycles. The van der Waals surface area contributed by atoms with Crippen molar-refractivity contribution in [2.45, 2.75) is 19.9 Å². The van der Waals surface area contributed by atoms with Gasteiger partial charge in [0.25, 0.3) is 5.91 Å². The van der Waals surface area contributed by atoms with Gasteiger partial charge in [0.15, 0.2) is 5.76 Å². The average molecular weight is 407 g/mol. The molecule has 1 N–H and O–H groups in total. The first-order valence-electron chi connectivity index (χ1n) is 9.77. The highest BCUT2D eigenvalue weighted by molar-refractivity contribution is 6.06. The van der Waals surface area contributed by atoms with Crippen LogP contribution in [-0.2, 0) is 6.54 Å². The molecule has 7 heteroatoms. The van der Waals surface area contributed by atoms with Crippen LogP contribution in [0.2, 0.25) is 0 Å². The van der Waals surface area contributed by atoms with Crippen LogP contribution in [0, 0.1) is 12.7 Å². The maximum Gasteiger partial charge on any atom is 0.324 e. The zero-order valence-corrected chi connectivity index (χ0v) is 16.6. The van der Waals surface area contributed by atoms with E-state index in [4.69, 9.17) is 4.42 Å². The maximum absolute atomic E-state index is 13.5. The van der Waals surface area contributed by atoms with Crippen LogP contribution in [0.1, 0.15) is 28.1 Å². The SMILES string of the molecule is Cc1ccc(N2CCCN(Cc3cccc(F)c3)C2=O)c(NC(=O)c2ccco2)c1. The van der Waals surface area contributed by atoms with Gasteiger partial charge in [-0.3, -0.25) is 9.69 Å². The van der Waals surface area contributed by atoms with Gasteiger partial charge in [0.1, 0.15) is 5.82 Å². The van der Waals surface area contributed by atoms with Crippen LogP contribution in [0.25, 0.3) is 0 Å². The number of furan rings is 1. The summed E-state index contributed by atoms with van der Waals surface area (Å²) in [6, 6.07) is 14.9. The summed E-state index contributed by atoms with van der Waals surface area (Å²) >= 11 is 0. The summed E-state index contributed by atoms with van der Waals surface area (Å²) in [5.41, 5.74) is 2.85. The molecule has 1 aromatic heterocycles. The molecule has 0 aliphatic carbocycles.